The van der Waals surface area contributed by atoms with Crippen molar-refractivity contribution in [3.8, 4) is 22.1 Å². The van der Waals surface area contributed by atoms with Crippen molar-refractivity contribution in [2.24, 2.45) is 0 Å². The van der Waals surface area contributed by atoms with E-state index in [1.165, 1.54) is 5.57 Å². The summed E-state index contributed by atoms with van der Waals surface area (Å²) in [4.78, 5) is 18.6. The second kappa shape index (κ2) is 5.93. The predicted molar refractivity (Wildman–Crippen MR) is 85.7 cm³/mol. The summed E-state index contributed by atoms with van der Waals surface area (Å²) in [5.74, 6) is 0.633. The standard InChI is InChI=1S/C16H14N4S/c1-3-11(2)16-19-10-14(21-16)12-6-4-7-13(20-12)15-17-8-5-9-18-15/h3-10H,1-2H3. The number of allylic oxidation sites excluding steroid dienone is 2. The van der Waals surface area contributed by atoms with Gasteiger partial charge in [-0.3, -0.25) is 0 Å². The van der Waals surface area contributed by atoms with Gasteiger partial charge in [-0.1, -0.05) is 12.1 Å². The van der Waals surface area contributed by atoms with Crippen LogP contribution < -0.4 is 0 Å². The maximum atomic E-state index is 4.64. The predicted octanol–water partition coefficient (Wildman–Crippen LogP) is 4.09. The summed E-state index contributed by atoms with van der Waals surface area (Å²) < 4.78 is 0. The van der Waals surface area contributed by atoms with Crippen LogP contribution in [0.4, 0.5) is 0 Å². The van der Waals surface area contributed by atoms with Crippen LogP contribution in [0, 0.1) is 0 Å². The molecule has 0 aliphatic rings. The van der Waals surface area contributed by atoms with E-state index in [0.717, 1.165) is 21.3 Å². The number of rotatable bonds is 3. The molecule has 104 valence electrons. The van der Waals surface area contributed by atoms with Gasteiger partial charge < -0.3 is 0 Å². The fraction of sp³-hybridized carbons (Fsp3) is 0.125. The smallest absolute Gasteiger partial charge is 0.178 e. The third kappa shape index (κ3) is 2.87. The monoisotopic (exact) mass is 294 g/mol. The molecule has 5 heteroatoms. The van der Waals surface area contributed by atoms with Crippen LogP contribution in [0.25, 0.3) is 27.7 Å². The zero-order chi connectivity index (χ0) is 14.7. The topological polar surface area (TPSA) is 51.6 Å². The maximum absolute atomic E-state index is 4.64. The average molecular weight is 294 g/mol. The van der Waals surface area contributed by atoms with Gasteiger partial charge in [0.25, 0.3) is 0 Å². The van der Waals surface area contributed by atoms with Crippen LogP contribution in [0.1, 0.15) is 18.9 Å². The van der Waals surface area contributed by atoms with Crippen molar-refractivity contribution in [1.29, 1.82) is 0 Å². The lowest BCUT2D eigenvalue weighted by Crippen LogP contribution is -1.91. The highest BCUT2D eigenvalue weighted by atomic mass is 32.1. The van der Waals surface area contributed by atoms with Crippen LogP contribution in [0.3, 0.4) is 0 Å². The SMILES string of the molecule is CC=C(C)c1ncc(-c2cccc(-c3ncccn3)n2)s1. The van der Waals surface area contributed by atoms with E-state index in [2.05, 4.69) is 32.9 Å². The molecule has 21 heavy (non-hydrogen) atoms. The number of pyridine rings is 1. The first kappa shape index (κ1) is 13.6. The van der Waals surface area contributed by atoms with Crippen molar-refractivity contribution in [3.05, 3.63) is 53.9 Å². The van der Waals surface area contributed by atoms with E-state index in [-0.39, 0.29) is 0 Å². The molecular formula is C16H14N4S. The highest BCUT2D eigenvalue weighted by Crippen LogP contribution is 2.29. The molecule has 0 aromatic carbocycles. The third-order valence-corrected chi connectivity index (χ3v) is 4.23. The molecule has 0 unspecified atom stereocenters. The third-order valence-electron chi connectivity index (χ3n) is 3.07. The van der Waals surface area contributed by atoms with Gasteiger partial charge in [0.2, 0.25) is 0 Å². The highest BCUT2D eigenvalue weighted by molar-refractivity contribution is 7.16. The molecule has 0 saturated heterocycles. The summed E-state index contributed by atoms with van der Waals surface area (Å²) >= 11 is 1.64. The van der Waals surface area contributed by atoms with Gasteiger partial charge in [0.05, 0.1) is 10.6 Å². The molecule has 3 rings (SSSR count). The van der Waals surface area contributed by atoms with Crippen LogP contribution in [0.5, 0.6) is 0 Å². The number of thiazole rings is 1. The number of aromatic nitrogens is 4. The van der Waals surface area contributed by atoms with E-state index < -0.39 is 0 Å². The van der Waals surface area contributed by atoms with Gasteiger partial charge in [0.15, 0.2) is 5.82 Å². The Morgan fingerprint density at radius 2 is 1.81 bits per heavy atom. The van der Waals surface area contributed by atoms with E-state index >= 15 is 0 Å². The van der Waals surface area contributed by atoms with E-state index in [9.17, 15) is 0 Å². The Hall–Kier alpha value is -2.40. The number of hydrogen-bond donors (Lipinski definition) is 0. The Labute approximate surface area is 127 Å². The maximum Gasteiger partial charge on any atom is 0.178 e. The summed E-state index contributed by atoms with van der Waals surface area (Å²) in [7, 11) is 0. The van der Waals surface area contributed by atoms with Crippen molar-refractivity contribution in [3.63, 3.8) is 0 Å². The van der Waals surface area contributed by atoms with E-state index in [0.29, 0.717) is 5.82 Å². The Kier molecular flexibility index (Phi) is 3.83. The lowest BCUT2D eigenvalue weighted by atomic mass is 10.2. The minimum absolute atomic E-state index is 0.633. The summed E-state index contributed by atoms with van der Waals surface area (Å²) in [6, 6.07) is 7.66. The first-order chi connectivity index (χ1) is 10.3. The molecule has 0 N–H and O–H groups in total. The second-order valence-electron chi connectivity index (χ2n) is 4.48. The fourth-order valence-corrected chi connectivity index (χ4v) is 2.74. The minimum Gasteiger partial charge on any atom is -0.244 e. The molecule has 0 bridgehead atoms. The first-order valence-electron chi connectivity index (χ1n) is 6.62. The fourth-order valence-electron chi connectivity index (χ4n) is 1.83. The molecule has 0 aliphatic carbocycles. The minimum atomic E-state index is 0.633. The van der Waals surface area contributed by atoms with Crippen LogP contribution in [-0.2, 0) is 0 Å². The lowest BCUT2D eigenvalue weighted by molar-refractivity contribution is 1.14. The van der Waals surface area contributed by atoms with Crippen molar-refractivity contribution in [2.45, 2.75) is 13.8 Å². The summed E-state index contributed by atoms with van der Waals surface area (Å²) in [6.45, 7) is 4.08. The highest BCUT2D eigenvalue weighted by Gasteiger charge is 2.09. The molecule has 3 aromatic rings. The number of hydrogen-bond acceptors (Lipinski definition) is 5. The zero-order valence-electron chi connectivity index (χ0n) is 11.8. The van der Waals surface area contributed by atoms with Crippen LogP contribution in [-0.4, -0.2) is 19.9 Å². The molecule has 3 heterocycles. The van der Waals surface area contributed by atoms with Crippen molar-refractivity contribution >= 4 is 16.9 Å². The molecule has 0 aliphatic heterocycles. The van der Waals surface area contributed by atoms with Gasteiger partial charge in [0.1, 0.15) is 10.7 Å². The van der Waals surface area contributed by atoms with E-state index in [1.807, 2.05) is 31.3 Å². The molecule has 0 atom stereocenters. The molecule has 0 saturated carbocycles. The van der Waals surface area contributed by atoms with Gasteiger partial charge >= 0.3 is 0 Å². The Bertz CT molecular complexity index is 778. The van der Waals surface area contributed by atoms with E-state index in [4.69, 9.17) is 0 Å². The average Bonchev–Trinajstić information content (AvgIpc) is 3.05. The van der Waals surface area contributed by atoms with Crippen molar-refractivity contribution in [1.82, 2.24) is 19.9 Å². The second-order valence-corrected chi connectivity index (χ2v) is 5.51. The Morgan fingerprint density at radius 1 is 1.05 bits per heavy atom. The molecular weight excluding hydrogens is 280 g/mol. The van der Waals surface area contributed by atoms with Crippen molar-refractivity contribution in [2.75, 3.05) is 0 Å². The van der Waals surface area contributed by atoms with Gasteiger partial charge in [-0.25, -0.2) is 19.9 Å². The summed E-state index contributed by atoms with van der Waals surface area (Å²) in [6.07, 6.45) is 7.36. The van der Waals surface area contributed by atoms with Gasteiger partial charge in [0, 0.05) is 18.6 Å². The van der Waals surface area contributed by atoms with Crippen molar-refractivity contribution < 1.29 is 0 Å². The zero-order valence-corrected chi connectivity index (χ0v) is 12.6. The molecule has 0 fully saturated rings. The normalized spacial score (nSPS) is 11.6. The molecule has 3 aromatic heterocycles. The van der Waals surface area contributed by atoms with Crippen LogP contribution in [0.2, 0.25) is 0 Å². The first-order valence-corrected chi connectivity index (χ1v) is 7.43. The van der Waals surface area contributed by atoms with Crippen LogP contribution in [0.15, 0.2) is 48.9 Å². The number of nitrogens with zero attached hydrogens (tertiary/aromatic N) is 4. The molecule has 4 nitrogen and oxygen atoms in total. The molecule has 0 amide bonds. The molecule has 0 radical (unpaired) electrons. The largest absolute Gasteiger partial charge is 0.244 e. The molecule has 0 spiro atoms. The van der Waals surface area contributed by atoms with Gasteiger partial charge in [-0.2, -0.15) is 0 Å². The summed E-state index contributed by atoms with van der Waals surface area (Å²) in [5, 5.41) is 1.02. The Morgan fingerprint density at radius 3 is 2.57 bits per heavy atom. The lowest BCUT2D eigenvalue weighted by Gasteiger charge is -2.01. The Balaban J connectivity index is 1.99. The van der Waals surface area contributed by atoms with Gasteiger partial charge in [-0.05, 0) is 37.6 Å². The van der Waals surface area contributed by atoms with E-state index in [1.54, 1.807) is 29.8 Å². The van der Waals surface area contributed by atoms with Gasteiger partial charge in [-0.15, -0.1) is 11.3 Å². The quantitative estimate of drug-likeness (QED) is 0.730. The summed E-state index contributed by atoms with van der Waals surface area (Å²) in [5.41, 5.74) is 2.84. The van der Waals surface area contributed by atoms with Crippen LogP contribution >= 0.6 is 11.3 Å².